The van der Waals surface area contributed by atoms with E-state index in [4.69, 9.17) is 4.42 Å². The van der Waals surface area contributed by atoms with Crippen LogP contribution in [-0.2, 0) is 4.79 Å². The molecule has 1 N–H and O–H groups in total. The van der Waals surface area contributed by atoms with E-state index >= 15 is 0 Å². The van der Waals surface area contributed by atoms with Crippen LogP contribution < -0.4 is 5.32 Å². The Balaban J connectivity index is 1.69. The van der Waals surface area contributed by atoms with Crippen molar-refractivity contribution in [2.45, 2.75) is 12.8 Å². The Morgan fingerprint density at radius 2 is 2.19 bits per heavy atom. The molecule has 1 fully saturated rings. The molecule has 1 aliphatic carbocycles. The molecule has 0 spiro atoms. The number of amides is 1. The number of rotatable bonds is 3. The predicted molar refractivity (Wildman–Crippen MR) is 76.4 cm³/mol. The lowest BCUT2D eigenvalue weighted by Gasteiger charge is -2.05. The van der Waals surface area contributed by atoms with Gasteiger partial charge in [0, 0.05) is 23.6 Å². The van der Waals surface area contributed by atoms with Gasteiger partial charge in [-0.25, -0.2) is 15.0 Å². The van der Waals surface area contributed by atoms with Crippen LogP contribution in [0.2, 0.25) is 0 Å². The van der Waals surface area contributed by atoms with E-state index in [9.17, 15) is 4.79 Å². The summed E-state index contributed by atoms with van der Waals surface area (Å²) in [6, 6.07) is 5.54. The maximum atomic E-state index is 11.8. The largest absolute Gasteiger partial charge is 0.442 e. The second-order valence-electron chi connectivity index (χ2n) is 5.09. The quantitative estimate of drug-likeness (QED) is 0.797. The smallest absolute Gasteiger partial charge is 0.228 e. The molecule has 3 heterocycles. The van der Waals surface area contributed by atoms with E-state index < -0.39 is 0 Å². The molecule has 3 aromatic heterocycles. The molecule has 4 rings (SSSR count). The molecule has 104 valence electrons. The van der Waals surface area contributed by atoms with E-state index in [2.05, 4.69) is 20.3 Å². The molecular formula is C15H12N4O2. The van der Waals surface area contributed by atoms with Crippen molar-refractivity contribution in [2.24, 2.45) is 5.92 Å². The lowest BCUT2D eigenvalue weighted by Crippen LogP contribution is -2.14. The summed E-state index contributed by atoms with van der Waals surface area (Å²) < 4.78 is 5.24. The lowest BCUT2D eigenvalue weighted by molar-refractivity contribution is -0.117. The number of pyridine rings is 2. The number of aromatic nitrogens is 3. The molecule has 0 aliphatic heterocycles. The second-order valence-corrected chi connectivity index (χ2v) is 5.09. The zero-order valence-electron chi connectivity index (χ0n) is 11.1. The molecule has 21 heavy (non-hydrogen) atoms. The Hall–Kier alpha value is -2.76. The van der Waals surface area contributed by atoms with Gasteiger partial charge < -0.3 is 9.73 Å². The fraction of sp³-hybridized carbons (Fsp3) is 0.200. The van der Waals surface area contributed by atoms with Crippen LogP contribution in [0.15, 0.2) is 41.4 Å². The fourth-order valence-electron chi connectivity index (χ4n) is 2.14. The Morgan fingerprint density at radius 3 is 2.95 bits per heavy atom. The van der Waals surface area contributed by atoms with Crippen LogP contribution in [0.3, 0.4) is 0 Å². The lowest BCUT2D eigenvalue weighted by atomic mass is 10.2. The molecule has 1 saturated carbocycles. The van der Waals surface area contributed by atoms with Crippen molar-refractivity contribution in [2.75, 3.05) is 5.32 Å². The van der Waals surface area contributed by atoms with Crippen molar-refractivity contribution in [3.05, 3.63) is 37.0 Å². The van der Waals surface area contributed by atoms with Gasteiger partial charge in [0.1, 0.15) is 11.5 Å². The first-order valence-electron chi connectivity index (χ1n) is 6.76. The van der Waals surface area contributed by atoms with Crippen LogP contribution in [-0.4, -0.2) is 20.9 Å². The third kappa shape index (κ3) is 2.35. The minimum Gasteiger partial charge on any atom is -0.442 e. The number of fused-ring (bicyclic) bond motifs is 1. The minimum absolute atomic E-state index is 0.0354. The average molecular weight is 280 g/mol. The van der Waals surface area contributed by atoms with Gasteiger partial charge in [0.25, 0.3) is 0 Å². The van der Waals surface area contributed by atoms with Crippen molar-refractivity contribution in [3.8, 4) is 11.5 Å². The topological polar surface area (TPSA) is 80.9 Å². The summed E-state index contributed by atoms with van der Waals surface area (Å²) in [5, 5.41) is 3.73. The van der Waals surface area contributed by atoms with E-state index in [1.165, 1.54) is 6.39 Å². The van der Waals surface area contributed by atoms with Crippen LogP contribution in [0.25, 0.3) is 22.4 Å². The van der Waals surface area contributed by atoms with Gasteiger partial charge in [0.2, 0.25) is 5.91 Å². The van der Waals surface area contributed by atoms with Crippen molar-refractivity contribution >= 4 is 22.6 Å². The highest BCUT2D eigenvalue weighted by Crippen LogP contribution is 2.30. The predicted octanol–water partition coefficient (Wildman–Crippen LogP) is 2.63. The first-order chi connectivity index (χ1) is 10.3. The number of nitrogens with one attached hydrogen (secondary N) is 1. The van der Waals surface area contributed by atoms with Crippen molar-refractivity contribution in [1.29, 1.82) is 0 Å². The van der Waals surface area contributed by atoms with Crippen LogP contribution in [0.5, 0.6) is 0 Å². The van der Waals surface area contributed by atoms with Crippen LogP contribution in [0.1, 0.15) is 12.8 Å². The molecule has 6 nitrogen and oxygen atoms in total. The maximum absolute atomic E-state index is 11.8. The molecule has 3 aromatic rings. The SMILES string of the molecule is O=C(Nc1cc2nc(-c3cnco3)ccc2cn1)C1CC1. The molecule has 0 atom stereocenters. The zero-order chi connectivity index (χ0) is 14.2. The monoisotopic (exact) mass is 280 g/mol. The van der Waals surface area contributed by atoms with E-state index in [0.717, 1.165) is 23.7 Å². The van der Waals surface area contributed by atoms with Crippen molar-refractivity contribution in [1.82, 2.24) is 15.0 Å². The standard InChI is InChI=1S/C15H12N4O2/c20-15(9-1-2-9)19-14-5-12-10(6-17-14)3-4-11(18-12)13-7-16-8-21-13/h3-9H,1-2H2,(H,17,19,20). The Bertz CT molecular complexity index is 810. The Labute approximate surface area is 120 Å². The molecule has 0 saturated heterocycles. The molecule has 0 bridgehead atoms. The summed E-state index contributed by atoms with van der Waals surface area (Å²) >= 11 is 0. The summed E-state index contributed by atoms with van der Waals surface area (Å²) in [5.74, 6) is 1.32. The maximum Gasteiger partial charge on any atom is 0.228 e. The molecule has 0 unspecified atom stereocenters. The van der Waals surface area contributed by atoms with E-state index in [1.807, 2.05) is 12.1 Å². The Morgan fingerprint density at radius 1 is 1.29 bits per heavy atom. The minimum atomic E-state index is 0.0354. The Kier molecular flexibility index (Phi) is 2.67. The van der Waals surface area contributed by atoms with Crippen LogP contribution in [0.4, 0.5) is 5.82 Å². The van der Waals surface area contributed by atoms with Gasteiger partial charge in [0.05, 0.1) is 11.7 Å². The van der Waals surface area contributed by atoms with E-state index in [-0.39, 0.29) is 11.8 Å². The first kappa shape index (κ1) is 12.0. The van der Waals surface area contributed by atoms with Gasteiger partial charge in [-0.05, 0) is 25.0 Å². The zero-order valence-corrected chi connectivity index (χ0v) is 11.1. The van der Waals surface area contributed by atoms with Gasteiger partial charge in [-0.1, -0.05) is 0 Å². The molecule has 0 aromatic carbocycles. The highest BCUT2D eigenvalue weighted by molar-refractivity contribution is 5.94. The number of anilines is 1. The average Bonchev–Trinajstić information content (AvgIpc) is 3.22. The third-order valence-electron chi connectivity index (χ3n) is 3.46. The van der Waals surface area contributed by atoms with Gasteiger partial charge in [-0.3, -0.25) is 4.79 Å². The summed E-state index contributed by atoms with van der Waals surface area (Å²) in [7, 11) is 0. The summed E-state index contributed by atoms with van der Waals surface area (Å²) in [5.41, 5.74) is 1.45. The molecule has 1 amide bonds. The van der Waals surface area contributed by atoms with Gasteiger partial charge >= 0.3 is 0 Å². The molecular weight excluding hydrogens is 268 g/mol. The van der Waals surface area contributed by atoms with Crippen LogP contribution in [0, 0.1) is 5.92 Å². The summed E-state index contributed by atoms with van der Waals surface area (Å²) in [4.78, 5) is 24.4. The first-order valence-corrected chi connectivity index (χ1v) is 6.76. The number of nitrogens with zero attached hydrogens (tertiary/aromatic N) is 3. The number of oxazole rings is 1. The molecule has 6 heteroatoms. The van der Waals surface area contributed by atoms with E-state index in [0.29, 0.717) is 17.3 Å². The second kappa shape index (κ2) is 4.66. The summed E-state index contributed by atoms with van der Waals surface area (Å²) in [6.07, 6.45) is 6.62. The molecule has 0 radical (unpaired) electrons. The van der Waals surface area contributed by atoms with Crippen LogP contribution >= 0.6 is 0 Å². The number of carbonyl (C=O) groups excluding carboxylic acids is 1. The van der Waals surface area contributed by atoms with Crippen molar-refractivity contribution < 1.29 is 9.21 Å². The third-order valence-corrected chi connectivity index (χ3v) is 3.46. The normalized spacial score (nSPS) is 14.3. The van der Waals surface area contributed by atoms with Gasteiger partial charge in [-0.2, -0.15) is 0 Å². The summed E-state index contributed by atoms with van der Waals surface area (Å²) in [6.45, 7) is 0. The highest BCUT2D eigenvalue weighted by Gasteiger charge is 2.29. The van der Waals surface area contributed by atoms with Crippen molar-refractivity contribution in [3.63, 3.8) is 0 Å². The number of hydrogen-bond donors (Lipinski definition) is 1. The van der Waals surface area contributed by atoms with Gasteiger partial charge in [0.15, 0.2) is 12.2 Å². The van der Waals surface area contributed by atoms with Gasteiger partial charge in [-0.15, -0.1) is 0 Å². The molecule has 1 aliphatic rings. The van der Waals surface area contributed by atoms with E-state index in [1.54, 1.807) is 18.5 Å². The number of carbonyl (C=O) groups is 1. The highest BCUT2D eigenvalue weighted by atomic mass is 16.3. The number of hydrogen-bond acceptors (Lipinski definition) is 5. The fourth-order valence-corrected chi connectivity index (χ4v) is 2.14.